The summed E-state index contributed by atoms with van der Waals surface area (Å²) >= 11 is 2.88. The van der Waals surface area contributed by atoms with Crippen LogP contribution in [0.3, 0.4) is 0 Å². The van der Waals surface area contributed by atoms with E-state index in [1.54, 1.807) is 6.07 Å². The predicted molar refractivity (Wildman–Crippen MR) is 287 cm³/mol. The molecule has 0 aliphatic heterocycles. The Balaban J connectivity index is 0.993. The Bertz CT molecular complexity index is 3200. The highest BCUT2D eigenvalue weighted by atomic mass is 32.1. The Hall–Kier alpha value is -8.86. The summed E-state index contributed by atoms with van der Waals surface area (Å²) in [5, 5.41) is 27.5. The molecule has 0 radical (unpaired) electrons. The first-order valence-corrected chi connectivity index (χ1v) is 23.4. The van der Waals surface area contributed by atoms with Crippen LogP contribution >= 0.6 is 22.7 Å². The highest BCUT2D eigenvalue weighted by Crippen LogP contribution is 2.36. The average Bonchev–Trinajstić information content (AvgIpc) is 4.04. The molecule has 0 saturated heterocycles. The maximum absolute atomic E-state index is 11.3. The van der Waals surface area contributed by atoms with Gasteiger partial charge >= 0.3 is 11.9 Å². The van der Waals surface area contributed by atoms with Gasteiger partial charge in [-0.25, -0.2) is 9.64 Å². The molecule has 0 aliphatic rings. The van der Waals surface area contributed by atoms with Crippen LogP contribution in [0.5, 0.6) is 0 Å². The first-order valence-electron chi connectivity index (χ1n) is 21.8. The molecule has 8 aromatic rings. The number of anilines is 3. The molecular formula is C60H43N3O4S2. The lowest BCUT2D eigenvalue weighted by atomic mass is 10.1. The normalized spacial score (nSPS) is 11.8. The van der Waals surface area contributed by atoms with Crippen LogP contribution in [0.25, 0.3) is 74.3 Å². The van der Waals surface area contributed by atoms with Crippen molar-refractivity contribution in [1.29, 1.82) is 5.26 Å². The largest absolute Gasteiger partial charge is 0.486 e. The second-order valence-electron chi connectivity index (χ2n) is 16.1. The molecular weight excluding hydrogens is 891 g/mol. The van der Waals surface area contributed by atoms with Gasteiger partial charge in [0.05, 0.1) is 6.57 Å². The van der Waals surface area contributed by atoms with Crippen molar-refractivity contribution < 1.29 is 19.8 Å². The van der Waals surface area contributed by atoms with Crippen LogP contribution in [0.15, 0.2) is 175 Å². The summed E-state index contributed by atoms with van der Waals surface area (Å²) < 4.78 is 0. The van der Waals surface area contributed by atoms with Crippen LogP contribution in [0.1, 0.15) is 54.3 Å². The lowest BCUT2D eigenvalue weighted by Gasteiger charge is -2.26. The third kappa shape index (κ3) is 12.1. The monoisotopic (exact) mass is 933 g/mol. The topological polar surface area (TPSA) is 106 Å². The van der Waals surface area contributed by atoms with Gasteiger partial charge in [0.15, 0.2) is 0 Å². The van der Waals surface area contributed by atoms with Gasteiger partial charge in [0.2, 0.25) is 0 Å². The quantitative estimate of drug-likeness (QED) is 0.0459. The zero-order valence-electron chi connectivity index (χ0n) is 37.6. The first-order chi connectivity index (χ1) is 33.5. The minimum Gasteiger partial charge on any atom is -0.486 e. The van der Waals surface area contributed by atoms with Gasteiger partial charge in [0.1, 0.15) is 11.6 Å². The van der Waals surface area contributed by atoms with Gasteiger partial charge in [-0.3, -0.25) is 4.79 Å². The maximum atomic E-state index is 11.3. The molecule has 0 fully saturated rings. The summed E-state index contributed by atoms with van der Waals surface area (Å²) in [6.45, 7) is 11.4. The van der Waals surface area contributed by atoms with E-state index in [0.29, 0.717) is 9.75 Å². The Labute approximate surface area is 409 Å². The molecule has 334 valence electrons. The van der Waals surface area contributed by atoms with Crippen molar-refractivity contribution in [2.45, 2.75) is 13.8 Å². The summed E-state index contributed by atoms with van der Waals surface area (Å²) in [7, 11) is 0. The summed E-state index contributed by atoms with van der Waals surface area (Å²) in [6.07, 6.45) is 15.4. The summed E-state index contributed by atoms with van der Waals surface area (Å²) in [5.74, 6) is -2.47. The second kappa shape index (κ2) is 21.6. The fourth-order valence-corrected chi connectivity index (χ4v) is 9.49. The van der Waals surface area contributed by atoms with Crippen LogP contribution in [0.2, 0.25) is 0 Å². The molecule has 8 rings (SSSR count). The van der Waals surface area contributed by atoms with Crippen molar-refractivity contribution in [2.75, 3.05) is 4.90 Å². The highest BCUT2D eigenvalue weighted by molar-refractivity contribution is 7.16. The van der Waals surface area contributed by atoms with E-state index in [-0.39, 0.29) is 11.3 Å². The number of nitrogens with zero attached hydrogens (tertiary/aromatic N) is 3. The Morgan fingerprint density at radius 1 is 0.507 bits per heavy atom. The van der Waals surface area contributed by atoms with Gasteiger partial charge in [0.25, 0.3) is 5.70 Å². The third-order valence-electron chi connectivity index (χ3n) is 11.0. The number of hydrogen-bond acceptors (Lipinski definition) is 6. The lowest BCUT2D eigenvalue weighted by molar-refractivity contribution is -0.133. The van der Waals surface area contributed by atoms with E-state index in [2.05, 4.69) is 163 Å². The van der Waals surface area contributed by atoms with E-state index in [0.717, 1.165) is 65.8 Å². The molecule has 6 aromatic carbocycles. The van der Waals surface area contributed by atoms with Gasteiger partial charge in [-0.15, -0.1) is 22.7 Å². The molecule has 0 saturated carbocycles. The Morgan fingerprint density at radius 3 is 1.22 bits per heavy atom. The number of carboxylic acid groups (broad SMARTS) is 2. The smallest absolute Gasteiger partial charge is 0.346 e. The number of rotatable bonds is 15. The van der Waals surface area contributed by atoms with Gasteiger partial charge in [-0.1, -0.05) is 151 Å². The average molecular weight is 934 g/mol. The molecule has 2 aromatic heterocycles. The molecule has 0 unspecified atom stereocenters. The van der Waals surface area contributed by atoms with Gasteiger partial charge in [-0.2, -0.15) is 5.26 Å². The molecule has 0 atom stereocenters. The van der Waals surface area contributed by atoms with Crippen LogP contribution in [0.4, 0.5) is 17.1 Å². The van der Waals surface area contributed by atoms with E-state index in [1.165, 1.54) is 51.5 Å². The zero-order chi connectivity index (χ0) is 48.3. The van der Waals surface area contributed by atoms with E-state index in [9.17, 15) is 19.8 Å². The minimum absolute atomic E-state index is 0.294. The SMILES string of the molecule is [C-]#[N+]/C(=C\c1ccc(-c2ccc(/C=C/c3ccc(N(c4ccc(/C=C/c5ccc(-c6ccc(/C=C(\C#N)C(=O)O)s6)cc5)cc4)c4ccc(/C=C/c5cc(C)cc(C)c5)cc4)cc3)cc2)s1)C(=O)O. The third-order valence-corrected chi connectivity index (χ3v) is 13.2. The number of aliphatic carboxylic acids is 2. The summed E-state index contributed by atoms with van der Waals surface area (Å²) in [5.41, 5.74) is 13.4. The van der Waals surface area contributed by atoms with Gasteiger partial charge in [-0.05, 0) is 131 Å². The standard InChI is InChI=1S/C60H43N3O4S2/c1-40-34-41(2)36-47(35-40)9-8-46-18-28-53(29-19-46)63(51-24-14-44(15-25-51)6-4-42-10-20-48(21-11-42)57-32-30-54(68-57)37-50(39-61)59(64)65)52-26-16-45(17-27-52)7-5-43-12-22-49(23-13-43)58-33-31-55(69-58)38-56(62-3)60(66)67/h4-38H,1-2H3,(H,64,65)(H,66,67)/b6-4+,7-5+,9-8+,50-37+,56-38-. The Morgan fingerprint density at radius 2 is 0.870 bits per heavy atom. The van der Waals surface area contributed by atoms with Crippen LogP contribution in [-0.4, -0.2) is 22.2 Å². The molecule has 0 amide bonds. The van der Waals surface area contributed by atoms with Crippen LogP contribution < -0.4 is 4.90 Å². The van der Waals surface area contributed by atoms with Crippen molar-refractivity contribution >= 4 is 100 Å². The lowest BCUT2D eigenvalue weighted by Crippen LogP contribution is -2.09. The van der Waals surface area contributed by atoms with E-state index in [1.807, 2.05) is 60.7 Å². The van der Waals surface area contributed by atoms with Crippen LogP contribution in [0, 0.1) is 31.8 Å². The minimum atomic E-state index is -1.24. The highest BCUT2D eigenvalue weighted by Gasteiger charge is 2.14. The number of thiophene rings is 2. The molecule has 2 N–H and O–H groups in total. The van der Waals surface area contributed by atoms with Gasteiger partial charge < -0.3 is 15.1 Å². The van der Waals surface area contributed by atoms with Crippen molar-refractivity contribution in [2.24, 2.45) is 0 Å². The van der Waals surface area contributed by atoms with E-state index < -0.39 is 11.9 Å². The molecule has 0 spiro atoms. The number of aryl methyl sites for hydroxylation is 2. The number of hydrogen-bond donors (Lipinski definition) is 2. The molecule has 9 heteroatoms. The zero-order valence-corrected chi connectivity index (χ0v) is 39.2. The van der Waals surface area contributed by atoms with Crippen LogP contribution in [-0.2, 0) is 9.59 Å². The maximum Gasteiger partial charge on any atom is 0.346 e. The number of benzene rings is 6. The molecule has 0 bridgehead atoms. The molecule has 0 aliphatic carbocycles. The molecule has 69 heavy (non-hydrogen) atoms. The van der Waals surface area contributed by atoms with Crippen molar-refractivity contribution in [1.82, 2.24) is 0 Å². The van der Waals surface area contributed by atoms with E-state index >= 15 is 0 Å². The number of nitriles is 1. The number of carbonyl (C=O) groups is 2. The van der Waals surface area contributed by atoms with E-state index in [4.69, 9.17) is 11.8 Å². The predicted octanol–water partition coefficient (Wildman–Crippen LogP) is 16.1. The molecule has 7 nitrogen and oxygen atoms in total. The van der Waals surface area contributed by atoms with Crippen molar-refractivity contribution in [3.05, 3.63) is 241 Å². The second-order valence-corrected chi connectivity index (χ2v) is 18.3. The summed E-state index contributed by atoms with van der Waals surface area (Å²) in [4.78, 5) is 31.3. The molecule has 2 heterocycles. The fourth-order valence-electron chi connectivity index (χ4n) is 7.58. The fraction of sp³-hybridized carbons (Fsp3) is 0.0333. The van der Waals surface area contributed by atoms with Crippen molar-refractivity contribution in [3.63, 3.8) is 0 Å². The number of carboxylic acids is 2. The Kier molecular flexibility index (Phi) is 14.6. The van der Waals surface area contributed by atoms with Gasteiger partial charge in [0, 0.05) is 36.6 Å². The van der Waals surface area contributed by atoms with Crippen molar-refractivity contribution in [3.8, 4) is 27.0 Å². The first kappa shape index (κ1) is 46.7. The summed E-state index contributed by atoms with van der Waals surface area (Å²) in [6, 6.07) is 57.7.